The van der Waals surface area contributed by atoms with Crippen molar-refractivity contribution in [1.82, 2.24) is 10.2 Å². The van der Waals surface area contributed by atoms with Crippen LogP contribution in [0, 0.1) is 0 Å². The van der Waals surface area contributed by atoms with Crippen LogP contribution in [0.3, 0.4) is 0 Å². The third-order valence-corrected chi connectivity index (χ3v) is 4.48. The van der Waals surface area contributed by atoms with Gasteiger partial charge in [0.25, 0.3) is 5.91 Å². The number of carbonyl (C=O) groups is 2. The van der Waals surface area contributed by atoms with Gasteiger partial charge in [-0.1, -0.05) is 17.7 Å². The van der Waals surface area contributed by atoms with E-state index < -0.39 is 17.8 Å². The van der Waals surface area contributed by atoms with Crippen LogP contribution >= 0.6 is 11.6 Å². The maximum absolute atomic E-state index is 12.9. The first-order valence-electron chi connectivity index (χ1n) is 9.35. The zero-order chi connectivity index (χ0) is 20.0. The lowest BCUT2D eigenvalue weighted by atomic mass is 10.0. The number of rotatable bonds is 5. The summed E-state index contributed by atoms with van der Waals surface area (Å²) in [6.07, 6.45) is 1.70. The fraction of sp³-hybridized carbons (Fsp3) is 0.600. The Labute approximate surface area is 166 Å². The number of hydrogen-bond donors (Lipinski definition) is 1. The molecule has 7 heteroatoms. The summed E-state index contributed by atoms with van der Waals surface area (Å²) >= 11 is 5.97. The SMILES string of the molecule is C[C@H](Oc1cccc(Cl)c1)C(=O)N1CCCC[C@H]1CNC(=O)OC(C)(C)C. The van der Waals surface area contributed by atoms with Gasteiger partial charge in [0, 0.05) is 24.2 Å². The molecule has 1 N–H and O–H groups in total. The molecule has 1 heterocycles. The van der Waals surface area contributed by atoms with Gasteiger partial charge in [0.05, 0.1) is 0 Å². The highest BCUT2D eigenvalue weighted by Crippen LogP contribution is 2.22. The van der Waals surface area contributed by atoms with E-state index in [0.717, 1.165) is 19.3 Å². The van der Waals surface area contributed by atoms with E-state index in [9.17, 15) is 9.59 Å². The summed E-state index contributed by atoms with van der Waals surface area (Å²) in [5.41, 5.74) is -0.550. The Kier molecular flexibility index (Phi) is 7.36. The van der Waals surface area contributed by atoms with E-state index >= 15 is 0 Å². The normalized spacial score (nSPS) is 18.6. The number of halogens is 1. The van der Waals surface area contributed by atoms with Crippen molar-refractivity contribution >= 4 is 23.6 Å². The van der Waals surface area contributed by atoms with Crippen molar-refractivity contribution in [3.05, 3.63) is 29.3 Å². The van der Waals surface area contributed by atoms with Crippen molar-refractivity contribution in [2.45, 2.75) is 64.7 Å². The summed E-state index contributed by atoms with van der Waals surface area (Å²) in [6, 6.07) is 6.92. The predicted molar refractivity (Wildman–Crippen MR) is 105 cm³/mol. The van der Waals surface area contributed by atoms with Crippen molar-refractivity contribution in [3.63, 3.8) is 0 Å². The lowest BCUT2D eigenvalue weighted by molar-refractivity contribution is -0.141. The molecule has 1 aliphatic rings. The Morgan fingerprint density at radius 2 is 2.07 bits per heavy atom. The molecule has 1 aromatic carbocycles. The quantitative estimate of drug-likeness (QED) is 0.816. The Balaban J connectivity index is 1.94. The largest absolute Gasteiger partial charge is 0.481 e. The first kappa shape index (κ1) is 21.4. The summed E-state index contributed by atoms with van der Waals surface area (Å²) in [5.74, 6) is 0.467. The second kappa shape index (κ2) is 9.31. The molecule has 1 aliphatic heterocycles. The van der Waals surface area contributed by atoms with Gasteiger partial charge in [0.2, 0.25) is 0 Å². The number of amides is 2. The second-order valence-electron chi connectivity index (χ2n) is 7.78. The van der Waals surface area contributed by atoms with Crippen LogP contribution in [-0.2, 0) is 9.53 Å². The summed E-state index contributed by atoms with van der Waals surface area (Å²) in [6.45, 7) is 8.21. The minimum Gasteiger partial charge on any atom is -0.481 e. The molecule has 2 rings (SSSR count). The first-order chi connectivity index (χ1) is 12.7. The zero-order valence-electron chi connectivity index (χ0n) is 16.5. The van der Waals surface area contributed by atoms with Crippen molar-refractivity contribution in [3.8, 4) is 5.75 Å². The number of carbonyl (C=O) groups excluding carboxylic acids is 2. The predicted octanol–water partition coefficient (Wildman–Crippen LogP) is 4.01. The van der Waals surface area contributed by atoms with E-state index in [1.807, 2.05) is 20.8 Å². The number of hydrogen-bond acceptors (Lipinski definition) is 4. The van der Waals surface area contributed by atoms with Crippen molar-refractivity contribution in [2.75, 3.05) is 13.1 Å². The van der Waals surface area contributed by atoms with Gasteiger partial charge in [0.15, 0.2) is 6.10 Å². The van der Waals surface area contributed by atoms with Gasteiger partial charge in [-0.25, -0.2) is 4.79 Å². The lowest BCUT2D eigenvalue weighted by Crippen LogP contribution is -2.53. The summed E-state index contributed by atoms with van der Waals surface area (Å²) in [5, 5.41) is 3.34. The number of nitrogens with one attached hydrogen (secondary N) is 1. The number of alkyl carbamates (subject to hydrolysis) is 1. The van der Waals surface area contributed by atoms with E-state index in [1.54, 1.807) is 36.1 Å². The molecule has 2 atom stereocenters. The van der Waals surface area contributed by atoms with Crippen molar-refractivity contribution < 1.29 is 19.1 Å². The van der Waals surface area contributed by atoms with Crippen LogP contribution < -0.4 is 10.1 Å². The third-order valence-electron chi connectivity index (χ3n) is 4.25. The average molecular weight is 397 g/mol. The van der Waals surface area contributed by atoms with Gasteiger partial charge in [0.1, 0.15) is 11.4 Å². The average Bonchev–Trinajstić information content (AvgIpc) is 2.58. The summed E-state index contributed by atoms with van der Waals surface area (Å²) in [7, 11) is 0. The van der Waals surface area contributed by atoms with Crippen LogP contribution in [0.15, 0.2) is 24.3 Å². The van der Waals surface area contributed by atoms with Crippen molar-refractivity contribution in [2.24, 2.45) is 0 Å². The molecule has 27 heavy (non-hydrogen) atoms. The van der Waals surface area contributed by atoms with E-state index in [4.69, 9.17) is 21.1 Å². The van der Waals surface area contributed by atoms with Crippen LogP contribution in [0.5, 0.6) is 5.75 Å². The molecule has 1 fully saturated rings. The molecule has 0 aromatic heterocycles. The standard InChI is InChI=1S/C20H29ClN2O4/c1-14(26-17-10-7-8-15(21)12-17)18(24)23-11-6-5-9-16(23)13-22-19(25)27-20(2,3)4/h7-8,10,12,14,16H,5-6,9,11,13H2,1-4H3,(H,22,25)/t14-,16-/m0/s1. The van der Waals surface area contributed by atoms with Gasteiger partial charge >= 0.3 is 6.09 Å². The monoisotopic (exact) mass is 396 g/mol. The molecule has 6 nitrogen and oxygen atoms in total. The zero-order valence-corrected chi connectivity index (χ0v) is 17.2. The Hall–Kier alpha value is -1.95. The van der Waals surface area contributed by atoms with E-state index in [1.165, 1.54) is 0 Å². The van der Waals surface area contributed by atoms with Gasteiger partial charge in [-0.05, 0) is 65.2 Å². The molecule has 150 valence electrons. The number of nitrogens with zero attached hydrogens (tertiary/aromatic N) is 1. The van der Waals surface area contributed by atoms with Crippen LogP contribution in [0.4, 0.5) is 4.79 Å². The maximum Gasteiger partial charge on any atom is 0.407 e. The highest BCUT2D eigenvalue weighted by atomic mass is 35.5. The third kappa shape index (κ3) is 6.94. The lowest BCUT2D eigenvalue weighted by Gasteiger charge is -2.37. The Morgan fingerprint density at radius 1 is 1.33 bits per heavy atom. The molecule has 1 saturated heterocycles. The van der Waals surface area contributed by atoms with E-state index in [-0.39, 0.29) is 11.9 Å². The van der Waals surface area contributed by atoms with Crippen LogP contribution in [0.2, 0.25) is 5.02 Å². The minimum absolute atomic E-state index is 0.0656. The van der Waals surface area contributed by atoms with Crippen LogP contribution in [-0.4, -0.2) is 47.7 Å². The number of ether oxygens (including phenoxy) is 2. The molecular weight excluding hydrogens is 368 g/mol. The molecule has 1 aromatic rings. The smallest absolute Gasteiger partial charge is 0.407 e. The minimum atomic E-state index is -0.634. The van der Waals surface area contributed by atoms with Crippen LogP contribution in [0.1, 0.15) is 47.0 Å². The number of benzene rings is 1. The van der Waals surface area contributed by atoms with Gasteiger partial charge in [-0.3, -0.25) is 4.79 Å². The first-order valence-corrected chi connectivity index (χ1v) is 9.73. The summed E-state index contributed by atoms with van der Waals surface area (Å²) < 4.78 is 11.0. The Bertz CT molecular complexity index is 660. The van der Waals surface area contributed by atoms with Crippen LogP contribution in [0.25, 0.3) is 0 Å². The second-order valence-corrected chi connectivity index (χ2v) is 8.22. The highest BCUT2D eigenvalue weighted by molar-refractivity contribution is 6.30. The molecule has 0 unspecified atom stereocenters. The molecular formula is C20H29ClN2O4. The molecule has 0 aliphatic carbocycles. The van der Waals surface area contributed by atoms with Gasteiger partial charge < -0.3 is 19.7 Å². The number of likely N-dealkylation sites (tertiary alicyclic amines) is 1. The van der Waals surface area contributed by atoms with E-state index in [0.29, 0.717) is 23.9 Å². The van der Waals surface area contributed by atoms with Crippen molar-refractivity contribution in [1.29, 1.82) is 0 Å². The fourth-order valence-corrected chi connectivity index (χ4v) is 3.23. The molecule has 2 amide bonds. The Morgan fingerprint density at radius 3 is 2.74 bits per heavy atom. The van der Waals surface area contributed by atoms with Gasteiger partial charge in [-0.2, -0.15) is 0 Å². The molecule has 0 saturated carbocycles. The van der Waals surface area contributed by atoms with E-state index in [2.05, 4.69) is 5.32 Å². The number of piperidine rings is 1. The highest BCUT2D eigenvalue weighted by Gasteiger charge is 2.31. The van der Waals surface area contributed by atoms with Gasteiger partial charge in [-0.15, -0.1) is 0 Å². The molecule has 0 bridgehead atoms. The summed E-state index contributed by atoms with van der Waals surface area (Å²) in [4.78, 5) is 26.6. The maximum atomic E-state index is 12.9. The topological polar surface area (TPSA) is 67.9 Å². The molecule has 0 radical (unpaired) electrons. The fourth-order valence-electron chi connectivity index (χ4n) is 3.05. The molecule has 0 spiro atoms.